The lowest BCUT2D eigenvalue weighted by molar-refractivity contribution is -0.143. The predicted octanol–water partition coefficient (Wildman–Crippen LogP) is 1.71. The Morgan fingerprint density at radius 3 is 2.47 bits per heavy atom. The van der Waals surface area contributed by atoms with Crippen molar-refractivity contribution in [1.82, 2.24) is 0 Å². The first-order valence-electron chi connectivity index (χ1n) is 4.84. The molecule has 17 heavy (non-hydrogen) atoms. The van der Waals surface area contributed by atoms with E-state index in [0.29, 0.717) is 0 Å². The highest BCUT2D eigenvalue weighted by molar-refractivity contribution is 5.98. The van der Waals surface area contributed by atoms with Gasteiger partial charge in [0.25, 0.3) is 0 Å². The molecular formula is C12H10FNO3. The normalized spacial score (nSPS) is 11.4. The van der Waals surface area contributed by atoms with Crippen molar-refractivity contribution in [3.63, 3.8) is 0 Å². The number of hydrogen-bond acceptors (Lipinski definition) is 4. The minimum absolute atomic E-state index is 0.260. The molecule has 0 fully saturated rings. The summed E-state index contributed by atoms with van der Waals surface area (Å²) in [5, 5.41) is 8.70. The third kappa shape index (κ3) is 3.38. The Hall–Kier alpha value is -2.22. The Morgan fingerprint density at radius 2 is 2.00 bits per heavy atom. The summed E-state index contributed by atoms with van der Waals surface area (Å²) in [6, 6.07) is 6.60. The molecular weight excluding hydrogens is 225 g/mol. The van der Waals surface area contributed by atoms with E-state index in [1.807, 2.05) is 0 Å². The number of carbonyl (C=O) groups excluding carboxylic acids is 2. The van der Waals surface area contributed by atoms with Gasteiger partial charge in [0, 0.05) is 12.0 Å². The molecule has 0 aliphatic rings. The van der Waals surface area contributed by atoms with Gasteiger partial charge in [0.05, 0.1) is 13.2 Å². The molecule has 0 bridgehead atoms. The molecule has 0 saturated carbocycles. The number of esters is 1. The maximum Gasteiger partial charge on any atom is 0.323 e. The topological polar surface area (TPSA) is 67.2 Å². The van der Waals surface area contributed by atoms with Crippen LogP contribution in [0, 0.1) is 23.1 Å². The van der Waals surface area contributed by atoms with Gasteiger partial charge in [0.2, 0.25) is 0 Å². The number of benzene rings is 1. The van der Waals surface area contributed by atoms with Gasteiger partial charge in [-0.1, -0.05) is 0 Å². The molecule has 1 atom stereocenters. The standard InChI is InChI=1S/C12H10FNO3/c1-17-12(16)9(7-14)6-11(15)8-2-4-10(13)5-3-8/h2-5,9H,6H2,1H3. The Labute approximate surface area is 97.6 Å². The average molecular weight is 235 g/mol. The first-order valence-corrected chi connectivity index (χ1v) is 4.84. The third-order valence-corrected chi connectivity index (χ3v) is 2.20. The average Bonchev–Trinajstić information content (AvgIpc) is 2.35. The van der Waals surface area contributed by atoms with Crippen molar-refractivity contribution in [2.24, 2.45) is 5.92 Å². The molecule has 0 spiro atoms. The quantitative estimate of drug-likeness (QED) is 0.588. The molecule has 0 amide bonds. The highest BCUT2D eigenvalue weighted by Crippen LogP contribution is 2.11. The van der Waals surface area contributed by atoms with E-state index in [1.54, 1.807) is 6.07 Å². The van der Waals surface area contributed by atoms with Crippen LogP contribution in [0.1, 0.15) is 16.8 Å². The number of nitriles is 1. The second kappa shape index (κ2) is 5.75. The molecule has 5 heteroatoms. The lowest BCUT2D eigenvalue weighted by atomic mass is 9.99. The molecule has 1 aromatic carbocycles. The second-order valence-electron chi connectivity index (χ2n) is 3.34. The van der Waals surface area contributed by atoms with E-state index in [-0.39, 0.29) is 12.0 Å². The Bertz CT molecular complexity index is 462. The summed E-state index contributed by atoms with van der Waals surface area (Å²) in [5.41, 5.74) is 0.260. The van der Waals surface area contributed by atoms with Crippen molar-refractivity contribution < 1.29 is 18.7 Å². The number of rotatable bonds is 4. The van der Waals surface area contributed by atoms with E-state index >= 15 is 0 Å². The lowest BCUT2D eigenvalue weighted by Gasteiger charge is -2.05. The summed E-state index contributed by atoms with van der Waals surface area (Å²) in [5.74, 6) is -2.73. The number of halogens is 1. The van der Waals surface area contributed by atoms with E-state index in [2.05, 4.69) is 4.74 Å². The lowest BCUT2D eigenvalue weighted by Crippen LogP contribution is -2.18. The Balaban J connectivity index is 2.75. The molecule has 0 saturated heterocycles. The van der Waals surface area contributed by atoms with Gasteiger partial charge in [-0.15, -0.1) is 0 Å². The van der Waals surface area contributed by atoms with Gasteiger partial charge in [-0.05, 0) is 24.3 Å². The Morgan fingerprint density at radius 1 is 1.41 bits per heavy atom. The van der Waals surface area contributed by atoms with Gasteiger partial charge >= 0.3 is 5.97 Å². The second-order valence-corrected chi connectivity index (χ2v) is 3.34. The highest BCUT2D eigenvalue weighted by Gasteiger charge is 2.22. The summed E-state index contributed by atoms with van der Waals surface area (Å²) < 4.78 is 17.0. The minimum Gasteiger partial charge on any atom is -0.468 e. The fourth-order valence-corrected chi connectivity index (χ4v) is 1.26. The van der Waals surface area contributed by atoms with Gasteiger partial charge in [-0.3, -0.25) is 9.59 Å². The van der Waals surface area contributed by atoms with Crippen molar-refractivity contribution in [2.45, 2.75) is 6.42 Å². The van der Waals surface area contributed by atoms with Crippen molar-refractivity contribution in [3.05, 3.63) is 35.6 Å². The van der Waals surface area contributed by atoms with Crippen molar-refractivity contribution >= 4 is 11.8 Å². The fraction of sp³-hybridized carbons (Fsp3) is 0.250. The number of carbonyl (C=O) groups is 2. The molecule has 4 nitrogen and oxygen atoms in total. The van der Waals surface area contributed by atoms with Gasteiger partial charge in [0.15, 0.2) is 11.7 Å². The monoisotopic (exact) mass is 235 g/mol. The highest BCUT2D eigenvalue weighted by atomic mass is 19.1. The van der Waals surface area contributed by atoms with Gasteiger partial charge < -0.3 is 4.74 Å². The molecule has 0 aliphatic carbocycles. The van der Waals surface area contributed by atoms with Gasteiger partial charge in [-0.25, -0.2) is 4.39 Å². The maximum absolute atomic E-state index is 12.6. The molecule has 0 N–H and O–H groups in total. The van der Waals surface area contributed by atoms with E-state index < -0.39 is 23.5 Å². The molecule has 0 aromatic heterocycles. The third-order valence-electron chi connectivity index (χ3n) is 2.20. The Kier molecular flexibility index (Phi) is 4.35. The number of hydrogen-bond donors (Lipinski definition) is 0. The summed E-state index contributed by atoms with van der Waals surface area (Å²) >= 11 is 0. The molecule has 1 rings (SSSR count). The zero-order valence-corrected chi connectivity index (χ0v) is 9.14. The van der Waals surface area contributed by atoms with Crippen LogP contribution in [0.5, 0.6) is 0 Å². The van der Waals surface area contributed by atoms with Crippen molar-refractivity contribution in [3.8, 4) is 6.07 Å². The van der Waals surface area contributed by atoms with Crippen LogP contribution in [-0.4, -0.2) is 18.9 Å². The molecule has 0 aliphatic heterocycles. The van der Waals surface area contributed by atoms with Gasteiger partial charge in [-0.2, -0.15) is 5.26 Å². The molecule has 0 heterocycles. The minimum atomic E-state index is -1.13. The van der Waals surface area contributed by atoms with Crippen LogP contribution in [0.25, 0.3) is 0 Å². The molecule has 1 aromatic rings. The number of ketones is 1. The SMILES string of the molecule is COC(=O)C(C#N)CC(=O)c1ccc(F)cc1. The predicted molar refractivity (Wildman–Crippen MR) is 56.5 cm³/mol. The van der Waals surface area contributed by atoms with E-state index in [9.17, 15) is 14.0 Å². The van der Waals surface area contributed by atoms with Crippen LogP contribution < -0.4 is 0 Å². The zero-order valence-electron chi connectivity index (χ0n) is 9.14. The number of methoxy groups -OCH3 is 1. The van der Waals surface area contributed by atoms with Gasteiger partial charge in [0.1, 0.15) is 5.82 Å². The van der Waals surface area contributed by atoms with Crippen LogP contribution in [0.4, 0.5) is 4.39 Å². The molecule has 1 unspecified atom stereocenters. The number of nitrogens with zero attached hydrogens (tertiary/aromatic N) is 1. The number of Topliss-reactive ketones (excluding diaryl/α,β-unsaturated/α-hetero) is 1. The van der Waals surface area contributed by atoms with Crippen LogP contribution in [0.3, 0.4) is 0 Å². The van der Waals surface area contributed by atoms with Crippen molar-refractivity contribution in [1.29, 1.82) is 5.26 Å². The molecule has 88 valence electrons. The van der Waals surface area contributed by atoms with Crippen LogP contribution in [0.15, 0.2) is 24.3 Å². The van der Waals surface area contributed by atoms with Crippen LogP contribution >= 0.6 is 0 Å². The van der Waals surface area contributed by atoms with Crippen molar-refractivity contribution in [2.75, 3.05) is 7.11 Å². The molecule has 0 radical (unpaired) electrons. The smallest absolute Gasteiger partial charge is 0.323 e. The summed E-state index contributed by atoms with van der Waals surface area (Å²) in [6.45, 7) is 0. The van der Waals surface area contributed by atoms with Crippen LogP contribution in [-0.2, 0) is 9.53 Å². The largest absolute Gasteiger partial charge is 0.468 e. The summed E-state index contributed by atoms with van der Waals surface area (Å²) in [4.78, 5) is 22.8. The summed E-state index contributed by atoms with van der Waals surface area (Å²) in [6.07, 6.45) is -0.269. The van der Waals surface area contributed by atoms with Crippen LogP contribution in [0.2, 0.25) is 0 Å². The summed E-state index contributed by atoms with van der Waals surface area (Å²) in [7, 11) is 1.15. The van der Waals surface area contributed by atoms with E-state index in [0.717, 1.165) is 19.2 Å². The fourth-order valence-electron chi connectivity index (χ4n) is 1.26. The first kappa shape index (κ1) is 12.8. The van der Waals surface area contributed by atoms with E-state index in [1.165, 1.54) is 12.1 Å². The maximum atomic E-state index is 12.6. The number of ether oxygens (including phenoxy) is 1. The zero-order chi connectivity index (χ0) is 12.8. The van der Waals surface area contributed by atoms with E-state index in [4.69, 9.17) is 5.26 Å². The first-order chi connectivity index (χ1) is 8.08.